The lowest BCUT2D eigenvalue weighted by Gasteiger charge is -2.33. The second-order valence-electron chi connectivity index (χ2n) is 14.1. The Labute approximate surface area is 305 Å². The van der Waals surface area contributed by atoms with Crippen LogP contribution in [0.4, 0.5) is 28.7 Å². The van der Waals surface area contributed by atoms with Crippen molar-refractivity contribution in [1.29, 1.82) is 0 Å². The van der Waals surface area contributed by atoms with Crippen molar-refractivity contribution in [2.75, 3.05) is 28.6 Å². The molecule has 1 aliphatic carbocycles. The van der Waals surface area contributed by atoms with Crippen LogP contribution in [0.3, 0.4) is 0 Å². The molecular weight excluding hydrogens is 643 g/mol. The summed E-state index contributed by atoms with van der Waals surface area (Å²) in [7, 11) is 0. The van der Waals surface area contributed by atoms with Gasteiger partial charge in [-0.3, -0.25) is 4.90 Å². The molecular formula is C43H43N9. The molecule has 9 heteroatoms. The van der Waals surface area contributed by atoms with E-state index in [-0.39, 0.29) is 0 Å². The second-order valence-corrected chi connectivity index (χ2v) is 14.1. The van der Waals surface area contributed by atoms with Crippen LogP contribution in [0.15, 0.2) is 136 Å². The van der Waals surface area contributed by atoms with Gasteiger partial charge >= 0.3 is 0 Å². The molecule has 6 heterocycles. The maximum absolute atomic E-state index is 5.26. The van der Waals surface area contributed by atoms with Gasteiger partial charge in [-0.05, 0) is 110 Å². The van der Waals surface area contributed by atoms with Gasteiger partial charge in [-0.2, -0.15) is 4.99 Å². The molecule has 0 radical (unpaired) electrons. The van der Waals surface area contributed by atoms with Crippen LogP contribution in [0.25, 0.3) is 0 Å². The molecule has 1 saturated heterocycles. The molecule has 0 spiro atoms. The van der Waals surface area contributed by atoms with Gasteiger partial charge in [0.2, 0.25) is 5.96 Å². The van der Waals surface area contributed by atoms with E-state index in [1.54, 1.807) is 6.20 Å². The summed E-state index contributed by atoms with van der Waals surface area (Å²) < 4.78 is 0. The third-order valence-electron chi connectivity index (χ3n) is 10.6. The number of hydrogen-bond acceptors (Lipinski definition) is 9. The van der Waals surface area contributed by atoms with E-state index >= 15 is 0 Å². The normalized spacial score (nSPS) is 18.7. The standard InChI is InChI=1S/C43H43N9/c1-2-5-14-30(13-4-1)31-19-21-34(36(27-31)46-39-16-6-8-23-44-39)37-29-33-15-12-18-41-49-42(50-43(48-37)52(33)41)35-22-20-32(51-25-10-3-11-26-51)28-38(35)47-40-17-7-9-24-45-40/h6-9,12,15-24,27-30H,1-5,10-11,13-14,25-26H2,(H,44,46)(H,45,47). The van der Waals surface area contributed by atoms with E-state index in [4.69, 9.17) is 15.0 Å². The predicted molar refractivity (Wildman–Crippen MR) is 212 cm³/mol. The van der Waals surface area contributed by atoms with E-state index in [0.29, 0.717) is 17.7 Å². The summed E-state index contributed by atoms with van der Waals surface area (Å²) >= 11 is 0. The number of hydrogen-bond donors (Lipinski definition) is 2. The zero-order chi connectivity index (χ0) is 34.7. The molecule has 4 aromatic rings. The first-order chi connectivity index (χ1) is 25.7. The molecule has 5 aliphatic rings. The molecule has 2 N–H and O–H groups in total. The zero-order valence-corrected chi connectivity index (χ0v) is 29.4. The summed E-state index contributed by atoms with van der Waals surface area (Å²) in [5, 5.41) is 7.23. The van der Waals surface area contributed by atoms with Crippen LogP contribution in [0.5, 0.6) is 0 Å². The van der Waals surface area contributed by atoms with Gasteiger partial charge in [0.05, 0.1) is 17.1 Å². The molecule has 0 bridgehead atoms. The van der Waals surface area contributed by atoms with Gasteiger partial charge in [0, 0.05) is 48.0 Å². The van der Waals surface area contributed by atoms with Crippen molar-refractivity contribution < 1.29 is 0 Å². The fraction of sp³-hybridized carbons (Fsp3) is 0.279. The Kier molecular flexibility index (Phi) is 8.90. The van der Waals surface area contributed by atoms with Gasteiger partial charge in [0.15, 0.2) is 5.84 Å². The average molecular weight is 686 g/mol. The summed E-state index contributed by atoms with van der Waals surface area (Å²) in [6, 6.07) is 25.3. The minimum absolute atomic E-state index is 0.564. The lowest BCUT2D eigenvalue weighted by Crippen LogP contribution is -2.36. The fourth-order valence-electron chi connectivity index (χ4n) is 7.91. The van der Waals surface area contributed by atoms with Gasteiger partial charge < -0.3 is 15.5 Å². The second kappa shape index (κ2) is 14.4. The first kappa shape index (κ1) is 32.1. The highest BCUT2D eigenvalue weighted by atomic mass is 15.4. The van der Waals surface area contributed by atoms with E-state index < -0.39 is 0 Å². The third-order valence-corrected chi connectivity index (χ3v) is 10.6. The van der Waals surface area contributed by atoms with Crippen molar-refractivity contribution in [2.24, 2.45) is 15.0 Å². The highest BCUT2D eigenvalue weighted by Gasteiger charge is 2.31. The Morgan fingerprint density at radius 3 is 2.10 bits per heavy atom. The number of nitrogens with zero attached hydrogens (tertiary/aromatic N) is 7. The maximum atomic E-state index is 5.26. The number of aromatic nitrogens is 2. The lowest BCUT2D eigenvalue weighted by molar-refractivity contribution is 0.578. The number of nitrogens with one attached hydrogen (secondary N) is 2. The average Bonchev–Trinajstić information content (AvgIpc) is 3.49. The number of benzene rings is 2. The maximum Gasteiger partial charge on any atom is 0.238 e. The van der Waals surface area contributed by atoms with Crippen LogP contribution in [-0.4, -0.2) is 45.5 Å². The quantitative estimate of drug-likeness (QED) is 0.180. The Morgan fingerprint density at radius 1 is 0.654 bits per heavy atom. The van der Waals surface area contributed by atoms with Gasteiger partial charge in [0.1, 0.15) is 17.5 Å². The Hall–Kier alpha value is -5.83. The highest BCUT2D eigenvalue weighted by Crippen LogP contribution is 2.37. The van der Waals surface area contributed by atoms with Crippen molar-refractivity contribution in [3.8, 4) is 0 Å². The van der Waals surface area contributed by atoms with Crippen LogP contribution in [-0.2, 0) is 0 Å². The molecule has 0 unspecified atom stereocenters. The monoisotopic (exact) mass is 685 g/mol. The fourth-order valence-corrected chi connectivity index (χ4v) is 7.91. The highest BCUT2D eigenvalue weighted by molar-refractivity contribution is 6.22. The number of aliphatic imine (C=N–C) groups is 3. The topological polar surface area (TPSA) is 93.4 Å². The molecule has 0 atom stereocenters. The van der Waals surface area contributed by atoms with Crippen molar-refractivity contribution in [1.82, 2.24) is 14.9 Å². The van der Waals surface area contributed by atoms with E-state index in [2.05, 4.69) is 80.1 Å². The summed E-state index contributed by atoms with van der Waals surface area (Å²) in [6.45, 7) is 2.12. The van der Waals surface area contributed by atoms with Crippen molar-refractivity contribution >= 4 is 46.2 Å². The van der Waals surface area contributed by atoms with Crippen LogP contribution in [0.2, 0.25) is 0 Å². The largest absolute Gasteiger partial charge is 0.371 e. The molecule has 2 aromatic heterocycles. The number of pyridine rings is 2. The van der Waals surface area contributed by atoms with E-state index in [1.807, 2.05) is 53.6 Å². The van der Waals surface area contributed by atoms with Crippen LogP contribution in [0.1, 0.15) is 80.4 Å². The molecule has 2 aromatic carbocycles. The van der Waals surface area contributed by atoms with Gasteiger partial charge in [0.25, 0.3) is 0 Å². The third kappa shape index (κ3) is 6.66. The van der Waals surface area contributed by atoms with E-state index in [1.165, 1.54) is 69.0 Å². The Morgan fingerprint density at radius 2 is 1.37 bits per heavy atom. The number of piperidine rings is 1. The molecule has 4 aliphatic heterocycles. The van der Waals surface area contributed by atoms with Crippen LogP contribution >= 0.6 is 0 Å². The number of amidine groups is 1. The minimum atomic E-state index is 0.564. The summed E-state index contributed by atoms with van der Waals surface area (Å²) in [6.07, 6.45) is 23.3. The predicted octanol–water partition coefficient (Wildman–Crippen LogP) is 9.61. The zero-order valence-electron chi connectivity index (χ0n) is 29.4. The number of allylic oxidation sites excluding steroid dienone is 4. The smallest absolute Gasteiger partial charge is 0.238 e. The van der Waals surface area contributed by atoms with E-state index in [0.717, 1.165) is 64.5 Å². The SMILES string of the molecule is C1=CC2=CC(c3ccc(C4CCCCCC4)cc3Nc3ccccn3)=NC3=NC(c4ccc(N5CCCCC5)cc4Nc4ccccn4)=NC(=C1)N23. The first-order valence-corrected chi connectivity index (χ1v) is 18.8. The van der Waals surface area contributed by atoms with Crippen LogP contribution in [0, 0.1) is 0 Å². The molecule has 9 nitrogen and oxygen atoms in total. The van der Waals surface area contributed by atoms with Gasteiger partial charge in [-0.15, -0.1) is 0 Å². The first-order valence-electron chi connectivity index (χ1n) is 18.8. The van der Waals surface area contributed by atoms with Crippen molar-refractivity contribution in [2.45, 2.75) is 63.7 Å². The minimum Gasteiger partial charge on any atom is -0.371 e. The van der Waals surface area contributed by atoms with Crippen molar-refractivity contribution in [3.05, 3.63) is 138 Å². The van der Waals surface area contributed by atoms with Gasteiger partial charge in [-0.1, -0.05) is 56.0 Å². The molecule has 9 rings (SSSR count). The molecule has 52 heavy (non-hydrogen) atoms. The number of guanidine groups is 1. The Bertz CT molecular complexity index is 2130. The summed E-state index contributed by atoms with van der Waals surface area (Å²) in [4.78, 5) is 29.2. The lowest BCUT2D eigenvalue weighted by atomic mass is 9.89. The molecule has 0 amide bonds. The summed E-state index contributed by atoms with van der Waals surface area (Å²) in [5.41, 5.74) is 8.21. The van der Waals surface area contributed by atoms with Crippen LogP contribution < -0.4 is 15.5 Å². The number of rotatable bonds is 8. The number of anilines is 5. The molecule has 260 valence electrons. The van der Waals surface area contributed by atoms with E-state index in [9.17, 15) is 0 Å². The van der Waals surface area contributed by atoms with Crippen molar-refractivity contribution in [3.63, 3.8) is 0 Å². The summed E-state index contributed by atoms with van der Waals surface area (Å²) in [5.74, 6) is 4.13. The molecule has 1 saturated carbocycles. The Balaban J connectivity index is 1.12. The van der Waals surface area contributed by atoms with Gasteiger partial charge in [-0.25, -0.2) is 20.0 Å². The molecule has 2 fully saturated rings.